The Hall–Kier alpha value is -1.56. The smallest absolute Gasteiger partial charge is 0.338 e. The molecule has 2 rings (SSSR count). The molecule has 18 heavy (non-hydrogen) atoms. The monoisotopic (exact) mass is 268 g/mol. The molecule has 0 aromatic carbocycles. The Kier molecular flexibility index (Phi) is 4.19. The number of carboxylic acids is 1. The Balaban J connectivity index is 2.01. The highest BCUT2D eigenvalue weighted by molar-refractivity contribution is 7.14. The number of likely N-dealkylation sites (tertiary alicyclic amines) is 1. The molecule has 0 bridgehead atoms. The van der Waals surface area contributed by atoms with Gasteiger partial charge in [-0.05, 0) is 24.3 Å². The molecule has 2 N–H and O–H groups in total. The number of thiophene rings is 1. The van der Waals surface area contributed by atoms with Crippen LogP contribution in [0.2, 0.25) is 0 Å². The van der Waals surface area contributed by atoms with Crippen molar-refractivity contribution in [2.24, 2.45) is 0 Å². The molecule has 1 aliphatic heterocycles. The van der Waals surface area contributed by atoms with Crippen molar-refractivity contribution >= 4 is 28.3 Å². The maximum absolute atomic E-state index is 12.0. The lowest BCUT2D eigenvalue weighted by molar-refractivity contribution is 0.0698. The number of aromatic carboxylic acids is 1. The first kappa shape index (κ1) is 12.9. The molecule has 0 aliphatic carbocycles. The number of hydrogen-bond acceptors (Lipinski definition) is 3. The van der Waals surface area contributed by atoms with Crippen LogP contribution in [0, 0.1) is 0 Å². The minimum atomic E-state index is -1.01. The van der Waals surface area contributed by atoms with Gasteiger partial charge in [0, 0.05) is 13.1 Å². The van der Waals surface area contributed by atoms with Crippen LogP contribution in [-0.2, 0) is 0 Å². The van der Waals surface area contributed by atoms with Crippen molar-refractivity contribution in [2.45, 2.75) is 25.7 Å². The average molecular weight is 268 g/mol. The van der Waals surface area contributed by atoms with Crippen molar-refractivity contribution < 1.29 is 14.7 Å². The lowest BCUT2D eigenvalue weighted by atomic mass is 10.2. The Morgan fingerprint density at radius 3 is 2.50 bits per heavy atom. The number of carboxylic acid groups (broad SMARTS) is 1. The quantitative estimate of drug-likeness (QED) is 0.866. The molecule has 0 atom stereocenters. The van der Waals surface area contributed by atoms with Gasteiger partial charge in [-0.15, -0.1) is 11.3 Å². The number of anilines is 1. The van der Waals surface area contributed by atoms with Crippen LogP contribution >= 0.6 is 11.3 Å². The fraction of sp³-hybridized carbons (Fsp3) is 0.500. The second-order valence-corrected chi connectivity index (χ2v) is 5.22. The Labute approximate surface area is 109 Å². The second-order valence-electron chi connectivity index (χ2n) is 4.30. The van der Waals surface area contributed by atoms with E-state index in [1.54, 1.807) is 10.3 Å². The first-order valence-electron chi connectivity index (χ1n) is 6.05. The molecule has 1 fully saturated rings. The number of amides is 2. The molecular formula is C12H16N2O3S. The van der Waals surface area contributed by atoms with Crippen molar-refractivity contribution in [3.05, 3.63) is 17.0 Å². The largest absolute Gasteiger partial charge is 0.478 e. The first-order valence-corrected chi connectivity index (χ1v) is 6.93. The van der Waals surface area contributed by atoms with Crippen LogP contribution in [0.25, 0.3) is 0 Å². The zero-order chi connectivity index (χ0) is 13.0. The van der Waals surface area contributed by atoms with E-state index in [4.69, 9.17) is 5.11 Å². The van der Waals surface area contributed by atoms with E-state index in [0.717, 1.165) is 38.8 Å². The summed E-state index contributed by atoms with van der Waals surface area (Å²) in [5.41, 5.74) is 0.156. The zero-order valence-corrected chi connectivity index (χ0v) is 10.8. The van der Waals surface area contributed by atoms with Crippen LogP contribution in [0.1, 0.15) is 36.0 Å². The highest BCUT2D eigenvalue weighted by atomic mass is 32.1. The number of rotatable bonds is 2. The lowest BCUT2D eigenvalue weighted by Crippen LogP contribution is -2.35. The topological polar surface area (TPSA) is 69.6 Å². The summed E-state index contributed by atoms with van der Waals surface area (Å²) in [4.78, 5) is 24.7. The molecule has 5 nitrogen and oxygen atoms in total. The summed E-state index contributed by atoms with van der Waals surface area (Å²) in [6.07, 6.45) is 4.35. The first-order chi connectivity index (χ1) is 8.68. The predicted molar refractivity (Wildman–Crippen MR) is 70.3 cm³/mol. The molecule has 0 radical (unpaired) electrons. The summed E-state index contributed by atoms with van der Waals surface area (Å²) < 4.78 is 0. The Bertz CT molecular complexity index is 436. The van der Waals surface area contributed by atoms with Gasteiger partial charge >= 0.3 is 12.0 Å². The van der Waals surface area contributed by atoms with Crippen LogP contribution in [0.3, 0.4) is 0 Å². The van der Waals surface area contributed by atoms with Gasteiger partial charge in [0.2, 0.25) is 0 Å². The van der Waals surface area contributed by atoms with Gasteiger partial charge in [-0.2, -0.15) is 0 Å². The maximum atomic E-state index is 12.0. The van der Waals surface area contributed by atoms with E-state index < -0.39 is 5.97 Å². The molecule has 0 spiro atoms. The van der Waals surface area contributed by atoms with E-state index in [2.05, 4.69) is 5.32 Å². The minimum Gasteiger partial charge on any atom is -0.478 e. The van der Waals surface area contributed by atoms with Crippen molar-refractivity contribution in [1.82, 2.24) is 4.90 Å². The van der Waals surface area contributed by atoms with Gasteiger partial charge in [-0.3, -0.25) is 5.32 Å². The molecule has 6 heteroatoms. The molecule has 2 amide bonds. The number of urea groups is 1. The Morgan fingerprint density at radius 1 is 1.22 bits per heavy atom. The number of nitrogens with zero attached hydrogens (tertiary/aromatic N) is 1. The molecular weight excluding hydrogens is 252 g/mol. The van der Waals surface area contributed by atoms with Crippen LogP contribution in [0.5, 0.6) is 0 Å². The van der Waals surface area contributed by atoms with Gasteiger partial charge in [0.05, 0.1) is 5.56 Å². The minimum absolute atomic E-state index is 0.156. The SMILES string of the molecule is O=C(O)c1ccsc1NC(=O)N1CCCCCC1. The highest BCUT2D eigenvalue weighted by Crippen LogP contribution is 2.23. The molecule has 98 valence electrons. The molecule has 1 aliphatic rings. The van der Waals surface area contributed by atoms with Gasteiger partial charge in [0.1, 0.15) is 5.00 Å². The van der Waals surface area contributed by atoms with E-state index in [1.165, 1.54) is 17.4 Å². The lowest BCUT2D eigenvalue weighted by Gasteiger charge is -2.20. The van der Waals surface area contributed by atoms with Crippen molar-refractivity contribution in [3.63, 3.8) is 0 Å². The third-order valence-electron chi connectivity index (χ3n) is 3.01. The van der Waals surface area contributed by atoms with Crippen molar-refractivity contribution in [2.75, 3.05) is 18.4 Å². The molecule has 1 aromatic rings. The summed E-state index contributed by atoms with van der Waals surface area (Å²) in [6, 6.07) is 1.31. The molecule has 1 aromatic heterocycles. The van der Waals surface area contributed by atoms with Gasteiger partial charge in [-0.25, -0.2) is 9.59 Å². The van der Waals surface area contributed by atoms with E-state index >= 15 is 0 Å². The predicted octanol–water partition coefficient (Wildman–Crippen LogP) is 2.85. The molecule has 0 saturated carbocycles. The highest BCUT2D eigenvalue weighted by Gasteiger charge is 2.19. The van der Waals surface area contributed by atoms with Crippen LogP contribution < -0.4 is 5.32 Å². The summed E-state index contributed by atoms with van der Waals surface area (Å²) in [7, 11) is 0. The van der Waals surface area contributed by atoms with Gasteiger partial charge in [-0.1, -0.05) is 12.8 Å². The zero-order valence-electron chi connectivity index (χ0n) is 10.0. The summed E-state index contributed by atoms with van der Waals surface area (Å²) in [5.74, 6) is -1.01. The third-order valence-corrected chi connectivity index (χ3v) is 3.84. The van der Waals surface area contributed by atoms with Crippen LogP contribution in [0.15, 0.2) is 11.4 Å². The summed E-state index contributed by atoms with van der Waals surface area (Å²) >= 11 is 1.24. The molecule has 0 unspecified atom stereocenters. The Morgan fingerprint density at radius 2 is 1.89 bits per heavy atom. The second kappa shape index (κ2) is 5.86. The fourth-order valence-corrected chi connectivity index (χ4v) is 2.79. The van der Waals surface area contributed by atoms with E-state index in [1.807, 2.05) is 0 Å². The molecule has 1 saturated heterocycles. The van der Waals surface area contributed by atoms with Gasteiger partial charge in [0.15, 0.2) is 0 Å². The molecule has 2 heterocycles. The van der Waals surface area contributed by atoms with E-state index in [0.29, 0.717) is 5.00 Å². The van der Waals surface area contributed by atoms with Crippen LogP contribution in [0.4, 0.5) is 9.80 Å². The normalized spacial score (nSPS) is 16.1. The third kappa shape index (κ3) is 3.01. The van der Waals surface area contributed by atoms with Crippen LogP contribution in [-0.4, -0.2) is 35.1 Å². The van der Waals surface area contributed by atoms with Crippen molar-refractivity contribution in [1.29, 1.82) is 0 Å². The number of carbonyl (C=O) groups is 2. The standard InChI is InChI=1S/C12H16N2O3S/c15-11(16)9-5-8-18-10(9)13-12(17)14-6-3-1-2-4-7-14/h5,8H,1-4,6-7H2,(H,13,17)(H,15,16). The maximum Gasteiger partial charge on any atom is 0.338 e. The summed E-state index contributed by atoms with van der Waals surface area (Å²) in [6.45, 7) is 1.50. The summed E-state index contributed by atoms with van der Waals surface area (Å²) in [5, 5.41) is 13.7. The average Bonchev–Trinajstić information content (AvgIpc) is 2.63. The van der Waals surface area contributed by atoms with E-state index in [-0.39, 0.29) is 11.6 Å². The van der Waals surface area contributed by atoms with Gasteiger partial charge < -0.3 is 10.0 Å². The van der Waals surface area contributed by atoms with Gasteiger partial charge in [0.25, 0.3) is 0 Å². The van der Waals surface area contributed by atoms with E-state index in [9.17, 15) is 9.59 Å². The number of hydrogen-bond donors (Lipinski definition) is 2. The number of carbonyl (C=O) groups excluding carboxylic acids is 1. The fourth-order valence-electron chi connectivity index (χ4n) is 2.02. The van der Waals surface area contributed by atoms with Crippen molar-refractivity contribution in [3.8, 4) is 0 Å². The number of nitrogens with one attached hydrogen (secondary N) is 1.